The van der Waals surface area contributed by atoms with E-state index in [0.717, 1.165) is 66.5 Å². The third-order valence-corrected chi connectivity index (χ3v) is 11.2. The van der Waals surface area contributed by atoms with Crippen LogP contribution in [0.25, 0.3) is 76.9 Å². The summed E-state index contributed by atoms with van der Waals surface area (Å²) in [6.07, 6.45) is -0.411. The normalized spacial score (nSPS) is 14.1. The number of hydrogen-bond donors (Lipinski definition) is 1. The van der Waals surface area contributed by atoms with Crippen molar-refractivity contribution in [1.29, 1.82) is 0 Å². The third-order valence-electron chi connectivity index (χ3n) is 11.2. The molecule has 268 valence electrons. The zero-order chi connectivity index (χ0) is 37.7. The lowest BCUT2D eigenvalue weighted by atomic mass is 9.97. The molecule has 0 spiro atoms. The molecule has 1 atom stereocenters. The van der Waals surface area contributed by atoms with E-state index in [1.165, 1.54) is 32.8 Å². The van der Waals surface area contributed by atoms with Crippen molar-refractivity contribution in [2.24, 2.45) is 9.98 Å². The van der Waals surface area contributed by atoms with E-state index in [-0.39, 0.29) is 0 Å². The van der Waals surface area contributed by atoms with Crippen LogP contribution < -0.4 is 5.32 Å². The maximum atomic E-state index is 6.59. The second kappa shape index (κ2) is 13.6. The Kier molecular flexibility index (Phi) is 7.85. The van der Waals surface area contributed by atoms with Gasteiger partial charge in [-0.15, -0.1) is 0 Å². The van der Waals surface area contributed by atoms with Crippen LogP contribution in [0.1, 0.15) is 22.9 Å². The molecule has 0 saturated carbocycles. The Balaban J connectivity index is 0.989. The average Bonchev–Trinajstić information content (AvgIpc) is 3.67. The Hall–Kier alpha value is -7.56. The molecule has 9 aromatic carbocycles. The zero-order valence-corrected chi connectivity index (χ0v) is 30.9. The van der Waals surface area contributed by atoms with Gasteiger partial charge < -0.3 is 9.73 Å². The lowest BCUT2D eigenvalue weighted by Gasteiger charge is -2.24. The van der Waals surface area contributed by atoms with Crippen LogP contribution >= 0.6 is 0 Å². The van der Waals surface area contributed by atoms with Crippen LogP contribution in [0.5, 0.6) is 0 Å². The second-order valence-corrected chi connectivity index (χ2v) is 14.6. The van der Waals surface area contributed by atoms with E-state index >= 15 is 0 Å². The number of aliphatic imine (C=N–C) groups is 2. The molecule has 1 aliphatic rings. The molecule has 1 aliphatic heterocycles. The molecule has 2 heterocycles. The summed E-state index contributed by atoms with van der Waals surface area (Å²) in [5, 5.41) is 10.6. The Morgan fingerprint density at radius 3 is 1.88 bits per heavy atom. The summed E-state index contributed by atoms with van der Waals surface area (Å²) in [7, 11) is 0. The first-order chi connectivity index (χ1) is 28.2. The van der Waals surface area contributed by atoms with Gasteiger partial charge in [0, 0.05) is 27.5 Å². The largest absolute Gasteiger partial charge is 0.456 e. The molecule has 0 fully saturated rings. The van der Waals surface area contributed by atoms with Crippen LogP contribution in [0.15, 0.2) is 215 Å². The molecule has 0 amide bonds. The van der Waals surface area contributed by atoms with Gasteiger partial charge in [0.05, 0.1) is 0 Å². The molecule has 10 aromatic rings. The average molecular weight is 730 g/mol. The van der Waals surface area contributed by atoms with Gasteiger partial charge >= 0.3 is 0 Å². The molecule has 0 bridgehead atoms. The lowest BCUT2D eigenvalue weighted by molar-refractivity contribution is 0.662. The molecule has 57 heavy (non-hydrogen) atoms. The van der Waals surface area contributed by atoms with Crippen molar-refractivity contribution in [2.75, 3.05) is 0 Å². The number of hydrogen-bond acceptors (Lipinski definition) is 4. The van der Waals surface area contributed by atoms with Crippen molar-refractivity contribution in [3.05, 3.63) is 217 Å². The van der Waals surface area contributed by atoms with Gasteiger partial charge in [-0.3, -0.25) is 0 Å². The number of benzene rings is 9. The summed E-state index contributed by atoms with van der Waals surface area (Å²) >= 11 is 0. The molecule has 1 unspecified atom stereocenters. The minimum absolute atomic E-state index is 0.411. The monoisotopic (exact) mass is 729 g/mol. The topological polar surface area (TPSA) is 49.9 Å². The van der Waals surface area contributed by atoms with Crippen LogP contribution in [0.2, 0.25) is 0 Å². The Labute approximate surface area is 330 Å². The number of furan rings is 1. The number of amidine groups is 2. The first kappa shape index (κ1) is 32.8. The first-order valence-corrected chi connectivity index (χ1v) is 19.3. The van der Waals surface area contributed by atoms with Gasteiger partial charge in [0.15, 0.2) is 5.84 Å². The highest BCUT2D eigenvalue weighted by atomic mass is 16.3. The Bertz CT molecular complexity index is 3190. The molecule has 4 nitrogen and oxygen atoms in total. The maximum absolute atomic E-state index is 6.59. The first-order valence-electron chi connectivity index (χ1n) is 19.3. The van der Waals surface area contributed by atoms with E-state index in [0.29, 0.717) is 5.84 Å². The quantitative estimate of drug-likeness (QED) is 0.185. The molecule has 4 heteroatoms. The second-order valence-electron chi connectivity index (χ2n) is 14.6. The summed E-state index contributed by atoms with van der Waals surface area (Å²) in [5.41, 5.74) is 11.7. The van der Waals surface area contributed by atoms with Gasteiger partial charge in [-0.05, 0) is 79.2 Å². The summed E-state index contributed by atoms with van der Waals surface area (Å²) in [4.78, 5) is 10.5. The smallest absolute Gasteiger partial charge is 0.159 e. The van der Waals surface area contributed by atoms with E-state index in [4.69, 9.17) is 14.4 Å². The number of fused-ring (bicyclic) bond motifs is 5. The van der Waals surface area contributed by atoms with Gasteiger partial charge in [0.1, 0.15) is 23.2 Å². The highest BCUT2D eigenvalue weighted by Gasteiger charge is 2.25. The third kappa shape index (κ3) is 5.96. The highest BCUT2D eigenvalue weighted by Crippen LogP contribution is 2.38. The van der Waals surface area contributed by atoms with Crippen LogP contribution in [0.3, 0.4) is 0 Å². The minimum Gasteiger partial charge on any atom is -0.456 e. The predicted octanol–water partition coefficient (Wildman–Crippen LogP) is 13.4. The van der Waals surface area contributed by atoms with Crippen molar-refractivity contribution in [1.82, 2.24) is 5.32 Å². The molecular formula is C53H35N3O. The standard InChI is InChI=1S/C53H35N3O/c1-2-10-34(11-3-1)36-20-22-37(23-21-36)42-30-31-46-49(33-42)57-48-19-9-18-47(50(46)48)53-55-51(54-52(56-53)43-29-24-35-12-4-5-14-41(35)32-43)40-27-25-39(26-28-40)45-17-8-15-38-13-6-7-16-44(38)45/h1-33,53H,(H,54,55,56). The maximum Gasteiger partial charge on any atom is 0.159 e. The van der Waals surface area contributed by atoms with Crippen molar-refractivity contribution in [2.45, 2.75) is 6.17 Å². The van der Waals surface area contributed by atoms with Gasteiger partial charge in [0.25, 0.3) is 0 Å². The number of nitrogens with zero attached hydrogens (tertiary/aromatic N) is 2. The molecule has 0 radical (unpaired) electrons. The van der Waals surface area contributed by atoms with Crippen LogP contribution in [-0.4, -0.2) is 11.7 Å². The van der Waals surface area contributed by atoms with E-state index in [9.17, 15) is 0 Å². The van der Waals surface area contributed by atoms with Crippen LogP contribution in [0, 0.1) is 0 Å². The molecule has 1 N–H and O–H groups in total. The summed E-state index contributed by atoms with van der Waals surface area (Å²) < 4.78 is 6.59. The van der Waals surface area contributed by atoms with E-state index in [1.807, 2.05) is 12.1 Å². The van der Waals surface area contributed by atoms with E-state index < -0.39 is 6.17 Å². The van der Waals surface area contributed by atoms with Crippen molar-refractivity contribution in [3.63, 3.8) is 0 Å². The zero-order valence-electron chi connectivity index (χ0n) is 30.9. The SMILES string of the molecule is c1ccc(-c2ccc(-c3ccc4c(c3)oc3cccc(C5N=C(c6ccc7ccccc7c6)N=C(c6ccc(-c7cccc8ccccc78)cc6)N5)c34)cc2)cc1. The Morgan fingerprint density at radius 1 is 0.404 bits per heavy atom. The molecule has 1 aromatic heterocycles. The van der Waals surface area contributed by atoms with Gasteiger partial charge in [-0.2, -0.15) is 0 Å². The summed E-state index contributed by atoms with van der Waals surface area (Å²) in [6.45, 7) is 0. The molecular weight excluding hydrogens is 695 g/mol. The van der Waals surface area contributed by atoms with Gasteiger partial charge in [0.2, 0.25) is 0 Å². The fourth-order valence-electron chi connectivity index (χ4n) is 8.24. The summed E-state index contributed by atoms with van der Waals surface area (Å²) in [6, 6.07) is 70.5. The fraction of sp³-hybridized carbons (Fsp3) is 0.0189. The minimum atomic E-state index is -0.411. The predicted molar refractivity (Wildman–Crippen MR) is 237 cm³/mol. The van der Waals surface area contributed by atoms with Crippen LogP contribution in [-0.2, 0) is 0 Å². The Morgan fingerprint density at radius 2 is 1.04 bits per heavy atom. The number of rotatable bonds is 6. The van der Waals surface area contributed by atoms with Crippen molar-refractivity contribution >= 4 is 55.2 Å². The lowest BCUT2D eigenvalue weighted by Crippen LogP contribution is -2.33. The van der Waals surface area contributed by atoms with Crippen molar-refractivity contribution in [3.8, 4) is 33.4 Å². The van der Waals surface area contributed by atoms with Crippen molar-refractivity contribution < 1.29 is 4.42 Å². The van der Waals surface area contributed by atoms with E-state index in [1.54, 1.807) is 0 Å². The molecule has 11 rings (SSSR count). The molecule has 0 aliphatic carbocycles. The van der Waals surface area contributed by atoms with Gasteiger partial charge in [-0.1, -0.05) is 176 Å². The summed E-state index contributed by atoms with van der Waals surface area (Å²) in [5.74, 6) is 1.46. The van der Waals surface area contributed by atoms with Crippen LogP contribution in [0.4, 0.5) is 0 Å². The molecule has 0 saturated heterocycles. The highest BCUT2D eigenvalue weighted by molar-refractivity contribution is 6.15. The number of nitrogens with one attached hydrogen (secondary N) is 1. The van der Waals surface area contributed by atoms with Gasteiger partial charge in [-0.25, -0.2) is 9.98 Å². The fourth-order valence-corrected chi connectivity index (χ4v) is 8.24. The van der Waals surface area contributed by atoms with E-state index in [2.05, 4.69) is 193 Å².